The molecule has 2 aromatic heterocycles. The van der Waals surface area contributed by atoms with Gasteiger partial charge in [0.15, 0.2) is 9.90 Å². The zero-order valence-electron chi connectivity index (χ0n) is 13.8. The Morgan fingerprint density at radius 1 is 1.42 bits per heavy atom. The molecule has 0 saturated carbocycles. The quantitative estimate of drug-likeness (QED) is 0.474. The number of rotatable bonds is 7. The van der Waals surface area contributed by atoms with Gasteiger partial charge >= 0.3 is 6.09 Å². The lowest BCUT2D eigenvalue weighted by Crippen LogP contribution is -2.13. The van der Waals surface area contributed by atoms with Crippen molar-refractivity contribution in [1.29, 1.82) is 0 Å². The van der Waals surface area contributed by atoms with Crippen molar-refractivity contribution < 1.29 is 9.53 Å². The summed E-state index contributed by atoms with van der Waals surface area (Å²) in [5.74, 6) is 0.762. The Balaban J connectivity index is 1.57. The van der Waals surface area contributed by atoms with E-state index in [1.807, 2.05) is 40.3 Å². The molecule has 1 amide bonds. The topological polar surface area (TPSA) is 84.8 Å². The number of carbonyl (C=O) groups is 1. The summed E-state index contributed by atoms with van der Waals surface area (Å²) in [5, 5.41) is 12.0. The number of allylic oxidation sites excluding steroid dienone is 1. The molecule has 0 aliphatic rings. The van der Waals surface area contributed by atoms with Gasteiger partial charge in [-0.1, -0.05) is 36.4 Å². The second kappa shape index (κ2) is 8.54. The molecule has 0 bridgehead atoms. The Bertz CT molecular complexity index is 945. The first-order valence-corrected chi connectivity index (χ1v) is 9.11. The molecule has 0 aliphatic heterocycles. The highest BCUT2D eigenvalue weighted by molar-refractivity contribution is 7.71. The predicted octanol–water partition coefficient (Wildman–Crippen LogP) is 3.92. The molecule has 3 rings (SSSR count). The smallest absolute Gasteiger partial charge is 0.413 e. The highest BCUT2D eigenvalue weighted by Crippen LogP contribution is 2.18. The maximum atomic E-state index is 11.9. The van der Waals surface area contributed by atoms with Crippen LogP contribution in [0.25, 0.3) is 0 Å². The third-order valence-electron chi connectivity index (χ3n) is 3.46. The molecule has 0 aliphatic carbocycles. The number of hydrogen-bond donors (Lipinski definition) is 2. The van der Waals surface area contributed by atoms with Gasteiger partial charge in [0, 0.05) is 11.9 Å². The lowest BCUT2D eigenvalue weighted by molar-refractivity contribution is 0.155. The molecule has 2 N–H and O–H groups in total. The summed E-state index contributed by atoms with van der Waals surface area (Å²) in [6.45, 7) is 4.50. The van der Waals surface area contributed by atoms with Crippen LogP contribution < -0.4 is 5.32 Å². The lowest BCUT2D eigenvalue weighted by atomic mass is 10.2. The molecule has 7 nitrogen and oxygen atoms in total. The van der Waals surface area contributed by atoms with Crippen molar-refractivity contribution in [3.05, 3.63) is 70.2 Å². The highest BCUT2D eigenvalue weighted by atomic mass is 32.1. The zero-order valence-corrected chi connectivity index (χ0v) is 15.5. The molecule has 0 atom stereocenters. The van der Waals surface area contributed by atoms with Crippen LogP contribution in [0.4, 0.5) is 9.93 Å². The van der Waals surface area contributed by atoms with E-state index < -0.39 is 6.09 Å². The van der Waals surface area contributed by atoms with E-state index in [9.17, 15) is 4.79 Å². The summed E-state index contributed by atoms with van der Waals surface area (Å²) >= 11 is 6.52. The summed E-state index contributed by atoms with van der Waals surface area (Å²) in [5.41, 5.74) is 1.71. The summed E-state index contributed by atoms with van der Waals surface area (Å²) in [7, 11) is 0. The van der Waals surface area contributed by atoms with E-state index in [4.69, 9.17) is 17.0 Å². The first-order valence-electron chi connectivity index (χ1n) is 7.83. The fourth-order valence-corrected chi connectivity index (χ4v) is 3.18. The minimum absolute atomic E-state index is 0.210. The van der Waals surface area contributed by atoms with Gasteiger partial charge in [0.25, 0.3) is 0 Å². The van der Waals surface area contributed by atoms with Crippen molar-refractivity contribution in [2.24, 2.45) is 0 Å². The van der Waals surface area contributed by atoms with Gasteiger partial charge in [-0.25, -0.2) is 9.78 Å². The molecule has 0 radical (unpaired) electrons. The molecule has 1 aromatic carbocycles. The number of nitrogens with zero attached hydrogens (tertiary/aromatic N) is 3. The molecule has 9 heteroatoms. The van der Waals surface area contributed by atoms with Crippen molar-refractivity contribution in [3.63, 3.8) is 0 Å². The Morgan fingerprint density at radius 3 is 3.00 bits per heavy atom. The Hall–Kier alpha value is -2.78. The van der Waals surface area contributed by atoms with Gasteiger partial charge < -0.3 is 4.74 Å². The fourth-order valence-electron chi connectivity index (χ4n) is 2.26. The largest absolute Gasteiger partial charge is 0.444 e. The molecule has 0 fully saturated rings. The fraction of sp³-hybridized carbons (Fsp3) is 0.176. The maximum Gasteiger partial charge on any atom is 0.413 e. The van der Waals surface area contributed by atoms with Crippen molar-refractivity contribution in [3.8, 4) is 0 Å². The van der Waals surface area contributed by atoms with Crippen LogP contribution in [-0.4, -0.2) is 25.8 Å². The van der Waals surface area contributed by atoms with Crippen molar-refractivity contribution in [2.75, 3.05) is 5.32 Å². The van der Waals surface area contributed by atoms with E-state index in [2.05, 4.69) is 27.1 Å². The van der Waals surface area contributed by atoms with E-state index in [0.717, 1.165) is 17.1 Å². The molecule has 26 heavy (non-hydrogen) atoms. The van der Waals surface area contributed by atoms with E-state index in [0.29, 0.717) is 22.9 Å². The summed E-state index contributed by atoms with van der Waals surface area (Å²) in [6, 6.07) is 9.49. The number of aromatic nitrogens is 4. The van der Waals surface area contributed by atoms with Crippen molar-refractivity contribution in [1.82, 2.24) is 19.7 Å². The molecule has 0 saturated heterocycles. The SMILES string of the molecule is C=CCn1c(Cc2csc(NC(=O)OCc3ccccc3)n2)n[nH]c1=S. The molecular formula is C17H17N5O2S2. The summed E-state index contributed by atoms with van der Waals surface area (Å²) in [4.78, 5) is 16.3. The molecule has 2 heterocycles. The van der Waals surface area contributed by atoms with Gasteiger partial charge in [0.1, 0.15) is 12.4 Å². The number of H-pyrrole nitrogens is 1. The van der Waals surface area contributed by atoms with Gasteiger partial charge in [-0.2, -0.15) is 5.10 Å². The van der Waals surface area contributed by atoms with Crippen LogP contribution in [0, 0.1) is 4.77 Å². The van der Waals surface area contributed by atoms with Crippen LogP contribution in [0.15, 0.2) is 48.4 Å². The zero-order chi connectivity index (χ0) is 18.4. The average molecular weight is 387 g/mol. The first-order chi connectivity index (χ1) is 12.7. The molecule has 0 spiro atoms. The van der Waals surface area contributed by atoms with Crippen molar-refractivity contribution in [2.45, 2.75) is 19.6 Å². The number of thiazole rings is 1. The van der Waals surface area contributed by atoms with E-state index in [1.54, 1.807) is 6.08 Å². The van der Waals surface area contributed by atoms with Crippen LogP contribution in [0.3, 0.4) is 0 Å². The summed E-state index contributed by atoms with van der Waals surface area (Å²) < 4.78 is 7.57. The molecule has 0 unspecified atom stereocenters. The number of ether oxygens (including phenoxy) is 1. The van der Waals surface area contributed by atoms with Gasteiger partial charge in [-0.05, 0) is 17.8 Å². The maximum absolute atomic E-state index is 11.9. The minimum Gasteiger partial charge on any atom is -0.444 e. The van der Waals surface area contributed by atoms with Crippen LogP contribution in [0.1, 0.15) is 17.1 Å². The van der Waals surface area contributed by atoms with E-state index in [-0.39, 0.29) is 6.61 Å². The average Bonchev–Trinajstić information content (AvgIpc) is 3.22. The number of carbonyl (C=O) groups excluding carboxylic acids is 1. The Kier molecular flexibility index (Phi) is 5.92. The highest BCUT2D eigenvalue weighted by Gasteiger charge is 2.11. The number of nitrogens with one attached hydrogen (secondary N) is 2. The Labute approximate surface area is 159 Å². The van der Waals surface area contributed by atoms with Gasteiger partial charge in [0.05, 0.1) is 12.1 Å². The van der Waals surface area contributed by atoms with Gasteiger partial charge in [-0.15, -0.1) is 17.9 Å². The number of aromatic amines is 1. The first kappa shape index (κ1) is 18.0. The Morgan fingerprint density at radius 2 is 2.23 bits per heavy atom. The number of anilines is 1. The molecular weight excluding hydrogens is 370 g/mol. The van der Waals surface area contributed by atoms with Crippen LogP contribution in [0.2, 0.25) is 0 Å². The van der Waals surface area contributed by atoms with Gasteiger partial charge in [0.2, 0.25) is 0 Å². The van der Waals surface area contributed by atoms with Crippen LogP contribution in [0.5, 0.6) is 0 Å². The number of hydrogen-bond acceptors (Lipinski definition) is 6. The molecule has 134 valence electrons. The normalized spacial score (nSPS) is 10.5. The monoisotopic (exact) mass is 387 g/mol. The summed E-state index contributed by atoms with van der Waals surface area (Å²) in [6.07, 6.45) is 1.72. The lowest BCUT2D eigenvalue weighted by Gasteiger charge is -2.04. The van der Waals surface area contributed by atoms with Crippen molar-refractivity contribution >= 4 is 34.8 Å². The minimum atomic E-state index is -0.538. The van der Waals surface area contributed by atoms with Crippen LogP contribution in [-0.2, 0) is 24.3 Å². The number of amides is 1. The van der Waals surface area contributed by atoms with Gasteiger partial charge in [-0.3, -0.25) is 15.0 Å². The molecule has 3 aromatic rings. The predicted molar refractivity (Wildman–Crippen MR) is 103 cm³/mol. The van der Waals surface area contributed by atoms with E-state index >= 15 is 0 Å². The second-order valence-electron chi connectivity index (χ2n) is 5.35. The second-order valence-corrected chi connectivity index (χ2v) is 6.60. The number of benzene rings is 1. The third kappa shape index (κ3) is 4.64. The van der Waals surface area contributed by atoms with E-state index in [1.165, 1.54) is 11.3 Å². The van der Waals surface area contributed by atoms with Crippen LogP contribution >= 0.6 is 23.6 Å². The standard InChI is InChI=1S/C17H17N5O2S2/c1-2-8-22-14(20-21-16(22)25)9-13-11-26-15(18-13)19-17(23)24-10-12-6-4-3-5-7-12/h2-7,11H,1,8-10H2,(H,21,25)(H,18,19,23). The third-order valence-corrected chi connectivity index (χ3v) is 4.58.